The van der Waals surface area contributed by atoms with Crippen LogP contribution < -0.4 is 10.5 Å². The highest BCUT2D eigenvalue weighted by Crippen LogP contribution is 2.22. The van der Waals surface area contributed by atoms with Gasteiger partial charge in [0.1, 0.15) is 0 Å². The standard InChI is InChI=1S/C8H12N3O3S/c1-14-8-3-2-7(6-10-8)11-15(12,13)5-4-9/h2-3,6H,4-5,9H2,1H3/q-1/p+1. The maximum absolute atomic E-state index is 11.3. The summed E-state index contributed by atoms with van der Waals surface area (Å²) in [6, 6.07) is 3.09. The second-order valence-corrected chi connectivity index (χ2v) is 4.54. The summed E-state index contributed by atoms with van der Waals surface area (Å²) < 4.78 is 31.0. The Bertz CT molecular complexity index is 402. The molecule has 1 heterocycles. The molecule has 0 atom stereocenters. The maximum atomic E-state index is 11.3. The third-order valence-corrected chi connectivity index (χ3v) is 2.87. The highest BCUT2D eigenvalue weighted by molar-refractivity contribution is 7.94. The fraction of sp³-hybridized carbons (Fsp3) is 0.375. The molecule has 0 aliphatic rings. The van der Waals surface area contributed by atoms with Crippen molar-refractivity contribution >= 4 is 15.7 Å². The van der Waals surface area contributed by atoms with E-state index in [4.69, 9.17) is 4.74 Å². The van der Waals surface area contributed by atoms with Gasteiger partial charge in [-0.15, -0.1) is 5.69 Å². The van der Waals surface area contributed by atoms with Gasteiger partial charge in [-0.3, -0.25) is 0 Å². The summed E-state index contributed by atoms with van der Waals surface area (Å²) in [5, 5.41) is 0. The minimum absolute atomic E-state index is 0.0565. The molecule has 0 saturated heterocycles. The summed E-state index contributed by atoms with van der Waals surface area (Å²) in [4.78, 5) is 3.85. The van der Waals surface area contributed by atoms with Gasteiger partial charge in [-0.25, -0.2) is 13.4 Å². The first kappa shape index (κ1) is 11.7. The van der Waals surface area contributed by atoms with E-state index in [1.807, 2.05) is 0 Å². The predicted octanol–water partition coefficient (Wildman–Crippen LogP) is -0.333. The molecule has 6 nitrogen and oxygen atoms in total. The van der Waals surface area contributed by atoms with E-state index in [0.717, 1.165) is 0 Å². The lowest BCUT2D eigenvalue weighted by molar-refractivity contribution is -0.360. The molecule has 0 radical (unpaired) electrons. The molecule has 0 saturated carbocycles. The largest absolute Gasteiger partial charge is 0.575 e. The number of aromatic nitrogens is 1. The minimum Gasteiger partial charge on any atom is -0.575 e. The lowest BCUT2D eigenvalue weighted by atomic mass is 10.4. The molecule has 1 aromatic heterocycles. The number of quaternary nitrogens is 1. The van der Waals surface area contributed by atoms with Crippen molar-refractivity contribution in [1.82, 2.24) is 4.98 Å². The van der Waals surface area contributed by atoms with Crippen LogP contribution in [-0.4, -0.2) is 32.8 Å². The summed E-state index contributed by atoms with van der Waals surface area (Å²) in [6.45, 7) is 0.301. The van der Waals surface area contributed by atoms with Gasteiger partial charge in [0.05, 0.1) is 29.4 Å². The maximum Gasteiger partial charge on any atom is 0.212 e. The average Bonchev–Trinajstić information content (AvgIpc) is 2.18. The first-order valence-corrected chi connectivity index (χ1v) is 5.93. The molecule has 1 aromatic rings. The topological polar surface area (TPSA) is 98.0 Å². The summed E-state index contributed by atoms with van der Waals surface area (Å²) in [5.41, 5.74) is 3.76. The molecule has 0 amide bonds. The molecule has 1 rings (SSSR count). The summed E-state index contributed by atoms with van der Waals surface area (Å²) in [5.74, 6) is 0.363. The number of rotatable bonds is 5. The first-order chi connectivity index (χ1) is 7.07. The van der Waals surface area contributed by atoms with Gasteiger partial charge in [0.25, 0.3) is 0 Å². The molecule has 0 bridgehead atoms. The Hall–Kier alpha value is -1.34. The van der Waals surface area contributed by atoms with Crippen LogP contribution in [0.3, 0.4) is 0 Å². The van der Waals surface area contributed by atoms with E-state index in [0.29, 0.717) is 18.1 Å². The molecular weight excluding hydrogens is 218 g/mol. The number of hydrogen-bond donors (Lipinski definition) is 1. The number of ether oxygens (including phenoxy) is 1. The monoisotopic (exact) mass is 231 g/mol. The van der Waals surface area contributed by atoms with Crippen LogP contribution in [0.5, 0.6) is 5.88 Å². The number of sulfonamides is 1. The molecule has 0 spiro atoms. The molecule has 0 fully saturated rings. The summed E-state index contributed by atoms with van der Waals surface area (Å²) in [6.07, 6.45) is 1.35. The smallest absolute Gasteiger partial charge is 0.212 e. The Kier molecular flexibility index (Phi) is 3.87. The van der Waals surface area contributed by atoms with Gasteiger partial charge in [-0.05, 0) is 6.07 Å². The third-order valence-electron chi connectivity index (χ3n) is 1.58. The van der Waals surface area contributed by atoms with Crippen molar-refractivity contribution in [1.29, 1.82) is 0 Å². The van der Waals surface area contributed by atoms with Crippen molar-refractivity contribution in [3.8, 4) is 5.88 Å². The molecule has 0 aromatic carbocycles. The fourth-order valence-electron chi connectivity index (χ4n) is 0.936. The van der Waals surface area contributed by atoms with Gasteiger partial charge < -0.3 is 15.2 Å². The van der Waals surface area contributed by atoms with Gasteiger partial charge in [-0.2, -0.15) is 0 Å². The quantitative estimate of drug-likeness (QED) is 0.750. The fourth-order valence-corrected chi connectivity index (χ4v) is 1.82. The van der Waals surface area contributed by atoms with Crippen molar-refractivity contribution < 1.29 is 18.9 Å². The van der Waals surface area contributed by atoms with E-state index < -0.39 is 10.0 Å². The second kappa shape index (κ2) is 4.94. The zero-order chi connectivity index (χ0) is 11.3. The van der Waals surface area contributed by atoms with Gasteiger partial charge in [0, 0.05) is 6.20 Å². The van der Waals surface area contributed by atoms with E-state index >= 15 is 0 Å². The zero-order valence-electron chi connectivity index (χ0n) is 8.38. The van der Waals surface area contributed by atoms with E-state index in [2.05, 4.69) is 15.4 Å². The number of methoxy groups -OCH3 is 1. The highest BCUT2D eigenvalue weighted by Gasteiger charge is 1.99. The van der Waals surface area contributed by atoms with E-state index in [-0.39, 0.29) is 5.75 Å². The van der Waals surface area contributed by atoms with Crippen LogP contribution in [0, 0.1) is 0 Å². The van der Waals surface area contributed by atoms with Crippen molar-refractivity contribution in [3.05, 3.63) is 23.1 Å². The van der Waals surface area contributed by atoms with Gasteiger partial charge >= 0.3 is 0 Å². The zero-order valence-corrected chi connectivity index (χ0v) is 9.20. The van der Waals surface area contributed by atoms with Crippen molar-refractivity contribution in [3.63, 3.8) is 0 Å². The summed E-state index contributed by atoms with van der Waals surface area (Å²) >= 11 is 0. The van der Waals surface area contributed by atoms with Crippen LogP contribution in [0.15, 0.2) is 18.3 Å². The van der Waals surface area contributed by atoms with Crippen LogP contribution >= 0.6 is 0 Å². The molecule has 0 unspecified atom stereocenters. The van der Waals surface area contributed by atoms with Gasteiger partial charge in [-0.1, -0.05) is 6.07 Å². The van der Waals surface area contributed by atoms with Crippen LogP contribution in [0.1, 0.15) is 0 Å². The Morgan fingerprint density at radius 3 is 2.73 bits per heavy atom. The molecule has 0 aliphatic carbocycles. The lowest BCUT2D eigenvalue weighted by Crippen LogP contribution is -2.52. The van der Waals surface area contributed by atoms with Crippen molar-refractivity contribution in [2.24, 2.45) is 0 Å². The normalized spacial score (nSPS) is 11.1. The predicted molar refractivity (Wildman–Crippen MR) is 55.3 cm³/mol. The van der Waals surface area contributed by atoms with Gasteiger partial charge in [0.2, 0.25) is 5.88 Å². The van der Waals surface area contributed by atoms with Crippen molar-refractivity contribution in [2.45, 2.75) is 0 Å². The average molecular weight is 231 g/mol. The number of nitrogens with zero attached hydrogens (tertiary/aromatic N) is 2. The molecule has 84 valence electrons. The van der Waals surface area contributed by atoms with Crippen LogP contribution in [0.25, 0.3) is 4.72 Å². The van der Waals surface area contributed by atoms with Crippen LogP contribution in [0.4, 0.5) is 5.69 Å². The van der Waals surface area contributed by atoms with Gasteiger partial charge in [0.15, 0.2) is 0 Å². The van der Waals surface area contributed by atoms with Crippen LogP contribution in [0.2, 0.25) is 0 Å². The molecule has 0 aliphatic heterocycles. The number of hydrogen-bond acceptors (Lipinski definition) is 4. The van der Waals surface area contributed by atoms with Crippen molar-refractivity contribution in [2.75, 3.05) is 19.4 Å². The minimum atomic E-state index is -3.42. The van der Waals surface area contributed by atoms with E-state index in [1.165, 1.54) is 19.4 Å². The lowest BCUT2D eigenvalue weighted by Gasteiger charge is -2.19. The SMILES string of the molecule is COc1ccc([N-]S(=O)(=O)CC[NH3+])cn1. The molecule has 3 N–H and O–H groups in total. The Morgan fingerprint density at radius 1 is 1.53 bits per heavy atom. The molecular formula is C8H13N3O3S. The highest BCUT2D eigenvalue weighted by atomic mass is 32.2. The Balaban J connectivity index is 2.73. The Labute approximate surface area is 88.5 Å². The third kappa shape index (κ3) is 3.72. The number of pyridine rings is 1. The van der Waals surface area contributed by atoms with Crippen LogP contribution in [-0.2, 0) is 10.0 Å². The first-order valence-electron chi connectivity index (χ1n) is 4.32. The summed E-state index contributed by atoms with van der Waals surface area (Å²) in [7, 11) is -1.94. The van der Waals surface area contributed by atoms with E-state index in [1.54, 1.807) is 6.07 Å². The molecule has 15 heavy (non-hydrogen) atoms. The second-order valence-electron chi connectivity index (χ2n) is 2.79. The Morgan fingerprint density at radius 2 is 2.27 bits per heavy atom. The molecule has 7 heteroatoms. The van der Waals surface area contributed by atoms with E-state index in [9.17, 15) is 8.42 Å².